The minimum Gasteiger partial charge on any atom is -0.491 e. The van der Waals surface area contributed by atoms with Gasteiger partial charge in [0.1, 0.15) is 12.4 Å². The van der Waals surface area contributed by atoms with E-state index in [0.717, 1.165) is 63.2 Å². The molecule has 1 fully saturated rings. The molecule has 0 bridgehead atoms. The van der Waals surface area contributed by atoms with E-state index in [1.54, 1.807) is 7.11 Å². The summed E-state index contributed by atoms with van der Waals surface area (Å²) in [5.41, 5.74) is 1.15. The number of rotatable bonds is 10. The molecular formula is C19H33IN4O3. The average molecular weight is 492 g/mol. The minimum absolute atomic E-state index is 0. The highest BCUT2D eigenvalue weighted by Gasteiger charge is 2.09. The van der Waals surface area contributed by atoms with E-state index in [1.807, 2.05) is 24.3 Å². The maximum Gasteiger partial charge on any atom is 0.191 e. The number of nitrogens with zero attached hydrogens (tertiary/aromatic N) is 2. The van der Waals surface area contributed by atoms with E-state index >= 15 is 0 Å². The van der Waals surface area contributed by atoms with Crippen LogP contribution in [-0.2, 0) is 16.0 Å². The molecule has 1 aliphatic heterocycles. The fraction of sp³-hybridized carbons (Fsp3) is 0.632. The van der Waals surface area contributed by atoms with Crippen LogP contribution in [-0.4, -0.2) is 77.1 Å². The molecule has 1 aliphatic rings. The Bertz CT molecular complexity index is 522. The highest BCUT2D eigenvalue weighted by molar-refractivity contribution is 14.0. The molecule has 1 saturated heterocycles. The van der Waals surface area contributed by atoms with Gasteiger partial charge in [-0.3, -0.25) is 4.90 Å². The molecular weight excluding hydrogens is 459 g/mol. The lowest BCUT2D eigenvalue weighted by atomic mass is 10.2. The Morgan fingerprint density at radius 2 is 1.89 bits per heavy atom. The second-order valence-corrected chi connectivity index (χ2v) is 6.06. The first-order chi connectivity index (χ1) is 12.8. The Hall–Kier alpha value is -1.10. The molecule has 1 aromatic carbocycles. The fourth-order valence-corrected chi connectivity index (χ4v) is 2.60. The molecule has 2 rings (SSSR count). The average Bonchev–Trinajstić information content (AvgIpc) is 2.68. The summed E-state index contributed by atoms with van der Waals surface area (Å²) < 4.78 is 15.9. The molecule has 0 aliphatic carbocycles. The van der Waals surface area contributed by atoms with Gasteiger partial charge in [0.05, 0.1) is 26.4 Å². The molecule has 1 heterocycles. The Labute approximate surface area is 179 Å². The van der Waals surface area contributed by atoms with Crippen molar-refractivity contribution in [2.24, 2.45) is 4.99 Å². The molecule has 154 valence electrons. The van der Waals surface area contributed by atoms with Crippen LogP contribution >= 0.6 is 24.0 Å². The van der Waals surface area contributed by atoms with E-state index in [9.17, 15) is 0 Å². The summed E-state index contributed by atoms with van der Waals surface area (Å²) in [6.07, 6.45) is 0. The summed E-state index contributed by atoms with van der Waals surface area (Å²) >= 11 is 0. The maximum atomic E-state index is 5.58. The van der Waals surface area contributed by atoms with Gasteiger partial charge in [0.25, 0.3) is 0 Å². The van der Waals surface area contributed by atoms with Gasteiger partial charge in [-0.05, 0) is 24.6 Å². The SMILES string of the molecule is CCNC(=NCc1ccc(OCCOC)cc1)NCCN1CCOCC1.I. The van der Waals surface area contributed by atoms with Gasteiger partial charge in [0.15, 0.2) is 5.96 Å². The van der Waals surface area contributed by atoms with Crippen LogP contribution in [0, 0.1) is 0 Å². The van der Waals surface area contributed by atoms with Crippen LogP contribution in [0.1, 0.15) is 12.5 Å². The molecule has 0 unspecified atom stereocenters. The third kappa shape index (κ3) is 10.1. The van der Waals surface area contributed by atoms with Crippen LogP contribution in [0.4, 0.5) is 0 Å². The number of hydrogen-bond donors (Lipinski definition) is 2. The second kappa shape index (κ2) is 14.9. The smallest absolute Gasteiger partial charge is 0.191 e. The molecule has 2 N–H and O–H groups in total. The first-order valence-corrected chi connectivity index (χ1v) is 9.34. The summed E-state index contributed by atoms with van der Waals surface area (Å²) in [4.78, 5) is 7.07. The quantitative estimate of drug-likeness (QED) is 0.225. The van der Waals surface area contributed by atoms with Crippen LogP contribution in [0.2, 0.25) is 0 Å². The van der Waals surface area contributed by atoms with Crippen molar-refractivity contribution in [3.05, 3.63) is 29.8 Å². The van der Waals surface area contributed by atoms with Gasteiger partial charge in [-0.25, -0.2) is 4.99 Å². The monoisotopic (exact) mass is 492 g/mol. The van der Waals surface area contributed by atoms with E-state index < -0.39 is 0 Å². The normalized spacial score (nSPS) is 15.1. The number of methoxy groups -OCH3 is 1. The summed E-state index contributed by atoms with van der Waals surface area (Å²) in [7, 11) is 1.67. The standard InChI is InChI=1S/C19H32N4O3.HI/c1-3-20-19(21-8-9-23-10-12-25-13-11-23)22-16-17-4-6-18(7-5-17)26-15-14-24-2;/h4-7H,3,8-16H2,1-2H3,(H2,20,21,22);1H. The van der Waals surface area contributed by atoms with Crippen LogP contribution in [0.15, 0.2) is 29.3 Å². The molecule has 8 heteroatoms. The molecule has 0 aromatic heterocycles. The Morgan fingerprint density at radius 1 is 1.15 bits per heavy atom. The van der Waals surface area contributed by atoms with Crippen molar-refractivity contribution >= 4 is 29.9 Å². The Morgan fingerprint density at radius 3 is 2.56 bits per heavy atom. The fourth-order valence-electron chi connectivity index (χ4n) is 2.60. The van der Waals surface area contributed by atoms with Gasteiger partial charge >= 0.3 is 0 Å². The summed E-state index contributed by atoms with van der Waals surface area (Å²) in [6, 6.07) is 8.03. The zero-order valence-corrected chi connectivity index (χ0v) is 18.7. The predicted octanol–water partition coefficient (Wildman–Crippen LogP) is 1.72. The Kier molecular flexibility index (Phi) is 13.2. The van der Waals surface area contributed by atoms with E-state index in [4.69, 9.17) is 14.2 Å². The summed E-state index contributed by atoms with van der Waals surface area (Å²) in [5, 5.41) is 6.70. The number of hydrogen-bond acceptors (Lipinski definition) is 5. The highest BCUT2D eigenvalue weighted by Crippen LogP contribution is 2.12. The molecule has 27 heavy (non-hydrogen) atoms. The van der Waals surface area contributed by atoms with Gasteiger partial charge < -0.3 is 24.8 Å². The molecule has 1 aromatic rings. The largest absolute Gasteiger partial charge is 0.491 e. The third-order valence-electron chi connectivity index (χ3n) is 4.07. The summed E-state index contributed by atoms with van der Waals surface area (Å²) in [6.45, 7) is 10.3. The van der Waals surface area contributed by atoms with Crippen molar-refractivity contribution in [2.45, 2.75) is 13.5 Å². The molecule has 0 spiro atoms. The molecule has 0 atom stereocenters. The zero-order chi connectivity index (χ0) is 18.5. The van der Waals surface area contributed by atoms with Crippen LogP contribution in [0.3, 0.4) is 0 Å². The van der Waals surface area contributed by atoms with Gasteiger partial charge in [0.2, 0.25) is 0 Å². The molecule has 7 nitrogen and oxygen atoms in total. The van der Waals surface area contributed by atoms with Crippen molar-refractivity contribution in [1.82, 2.24) is 15.5 Å². The lowest BCUT2D eigenvalue weighted by Crippen LogP contribution is -2.44. The van der Waals surface area contributed by atoms with Gasteiger partial charge in [-0.2, -0.15) is 0 Å². The van der Waals surface area contributed by atoms with Gasteiger partial charge in [0, 0.05) is 39.8 Å². The first-order valence-electron chi connectivity index (χ1n) is 9.34. The van der Waals surface area contributed by atoms with Crippen LogP contribution in [0.5, 0.6) is 5.75 Å². The van der Waals surface area contributed by atoms with Gasteiger partial charge in [-0.15, -0.1) is 24.0 Å². The Balaban J connectivity index is 0.00000364. The molecule has 0 amide bonds. The highest BCUT2D eigenvalue weighted by atomic mass is 127. The van der Waals surface area contributed by atoms with Crippen LogP contribution < -0.4 is 15.4 Å². The first kappa shape index (κ1) is 23.9. The van der Waals surface area contributed by atoms with Crippen LogP contribution in [0.25, 0.3) is 0 Å². The summed E-state index contributed by atoms with van der Waals surface area (Å²) in [5.74, 6) is 1.70. The zero-order valence-electron chi connectivity index (χ0n) is 16.4. The maximum absolute atomic E-state index is 5.58. The number of guanidine groups is 1. The number of halogens is 1. The van der Waals surface area contributed by atoms with E-state index in [2.05, 4.69) is 27.4 Å². The lowest BCUT2D eigenvalue weighted by Gasteiger charge is -2.26. The van der Waals surface area contributed by atoms with Crippen molar-refractivity contribution in [3.63, 3.8) is 0 Å². The lowest BCUT2D eigenvalue weighted by molar-refractivity contribution is 0.0389. The number of ether oxygens (including phenoxy) is 3. The minimum atomic E-state index is 0. The van der Waals surface area contributed by atoms with Gasteiger partial charge in [-0.1, -0.05) is 12.1 Å². The number of aliphatic imine (C=N–C) groups is 1. The van der Waals surface area contributed by atoms with E-state index in [0.29, 0.717) is 19.8 Å². The molecule has 0 radical (unpaired) electrons. The van der Waals surface area contributed by atoms with Crippen molar-refractivity contribution in [2.75, 3.05) is 66.3 Å². The topological polar surface area (TPSA) is 67.4 Å². The second-order valence-electron chi connectivity index (χ2n) is 6.06. The number of morpholine rings is 1. The third-order valence-corrected chi connectivity index (χ3v) is 4.07. The molecule has 0 saturated carbocycles. The van der Waals surface area contributed by atoms with Crippen molar-refractivity contribution in [3.8, 4) is 5.75 Å². The van der Waals surface area contributed by atoms with Crippen molar-refractivity contribution in [1.29, 1.82) is 0 Å². The van der Waals surface area contributed by atoms with E-state index in [-0.39, 0.29) is 24.0 Å². The van der Waals surface area contributed by atoms with Crippen molar-refractivity contribution < 1.29 is 14.2 Å². The number of nitrogens with one attached hydrogen (secondary N) is 2. The predicted molar refractivity (Wildman–Crippen MR) is 119 cm³/mol. The number of benzene rings is 1. The van der Waals surface area contributed by atoms with E-state index in [1.165, 1.54) is 0 Å².